The maximum absolute atomic E-state index is 11.2. The largest absolute Gasteiger partial charge is 0.478 e. The van der Waals surface area contributed by atoms with E-state index in [0.717, 1.165) is 25.2 Å². The Labute approximate surface area is 126 Å². The summed E-state index contributed by atoms with van der Waals surface area (Å²) >= 11 is 0. The number of aromatic carboxylic acids is 1. The summed E-state index contributed by atoms with van der Waals surface area (Å²) < 4.78 is 0. The van der Waals surface area contributed by atoms with Gasteiger partial charge >= 0.3 is 5.97 Å². The second-order valence-electron chi connectivity index (χ2n) is 5.84. The molecule has 0 saturated carbocycles. The number of pyridine rings is 1. The molecule has 0 aliphatic carbocycles. The zero-order valence-corrected chi connectivity index (χ0v) is 12.9. The molecule has 1 atom stereocenters. The number of hydrogen-bond acceptors (Lipinski definition) is 4. The van der Waals surface area contributed by atoms with E-state index in [2.05, 4.69) is 22.1 Å². The van der Waals surface area contributed by atoms with Gasteiger partial charge in [-0.2, -0.15) is 0 Å². The smallest absolute Gasteiger partial charge is 0.339 e. The number of nitrogens with one attached hydrogen (secondary N) is 1. The van der Waals surface area contributed by atoms with Gasteiger partial charge in [0.1, 0.15) is 5.56 Å². The Morgan fingerprint density at radius 1 is 1.52 bits per heavy atom. The third kappa shape index (κ3) is 4.43. The van der Waals surface area contributed by atoms with Crippen molar-refractivity contribution >= 4 is 11.7 Å². The van der Waals surface area contributed by atoms with Gasteiger partial charge in [0.15, 0.2) is 0 Å². The summed E-state index contributed by atoms with van der Waals surface area (Å²) in [6.07, 6.45) is 6.37. The molecule has 1 aliphatic rings. The fraction of sp³-hybridized carbons (Fsp3) is 0.625. The minimum atomic E-state index is -0.936. The number of aromatic nitrogens is 1. The highest BCUT2D eigenvalue weighted by atomic mass is 16.4. The lowest BCUT2D eigenvalue weighted by Crippen LogP contribution is -2.38. The average molecular weight is 291 g/mol. The molecule has 2 rings (SSSR count). The molecule has 0 bridgehead atoms. The lowest BCUT2D eigenvalue weighted by molar-refractivity contribution is 0.0697. The molecule has 2 heterocycles. The molecule has 1 aromatic heterocycles. The number of piperidine rings is 1. The molecule has 0 radical (unpaired) electrons. The average Bonchev–Trinajstić information content (AvgIpc) is 2.45. The first-order valence-corrected chi connectivity index (χ1v) is 7.76. The van der Waals surface area contributed by atoms with Gasteiger partial charge in [-0.25, -0.2) is 4.79 Å². The monoisotopic (exact) mass is 291 g/mol. The van der Waals surface area contributed by atoms with Crippen LogP contribution in [0.25, 0.3) is 0 Å². The van der Waals surface area contributed by atoms with Crippen LogP contribution < -0.4 is 5.32 Å². The van der Waals surface area contributed by atoms with Crippen molar-refractivity contribution in [3.8, 4) is 0 Å². The van der Waals surface area contributed by atoms with Gasteiger partial charge in [0.05, 0.1) is 5.69 Å². The van der Waals surface area contributed by atoms with Crippen LogP contribution in [0, 0.1) is 6.92 Å². The van der Waals surface area contributed by atoms with Crippen molar-refractivity contribution in [2.45, 2.75) is 45.6 Å². The van der Waals surface area contributed by atoms with Crippen LogP contribution >= 0.6 is 0 Å². The zero-order valence-electron chi connectivity index (χ0n) is 12.9. The van der Waals surface area contributed by atoms with Crippen LogP contribution in [0.1, 0.15) is 48.7 Å². The van der Waals surface area contributed by atoms with Gasteiger partial charge in [-0.15, -0.1) is 0 Å². The molecule has 1 saturated heterocycles. The predicted molar refractivity (Wildman–Crippen MR) is 83.9 cm³/mol. The second kappa shape index (κ2) is 7.41. The van der Waals surface area contributed by atoms with Gasteiger partial charge in [0.2, 0.25) is 0 Å². The van der Waals surface area contributed by atoms with E-state index in [1.165, 1.54) is 32.0 Å². The summed E-state index contributed by atoms with van der Waals surface area (Å²) in [6.45, 7) is 7.21. The number of carbonyl (C=O) groups is 1. The SMILES string of the molecule is Cc1cc(NCCCN2CCCCC2C)c(C(=O)O)cn1. The van der Waals surface area contributed by atoms with Crippen molar-refractivity contribution in [2.75, 3.05) is 25.0 Å². The summed E-state index contributed by atoms with van der Waals surface area (Å²) in [4.78, 5) is 17.7. The quantitative estimate of drug-likeness (QED) is 0.789. The second-order valence-corrected chi connectivity index (χ2v) is 5.84. The molecule has 0 spiro atoms. The number of hydrogen-bond donors (Lipinski definition) is 2. The van der Waals surface area contributed by atoms with Gasteiger partial charge < -0.3 is 15.3 Å². The van der Waals surface area contributed by atoms with E-state index >= 15 is 0 Å². The highest BCUT2D eigenvalue weighted by Crippen LogP contribution is 2.18. The van der Waals surface area contributed by atoms with Crippen molar-refractivity contribution in [3.05, 3.63) is 23.5 Å². The molecule has 1 fully saturated rings. The molecular formula is C16H25N3O2. The van der Waals surface area contributed by atoms with Crippen LogP contribution in [0.3, 0.4) is 0 Å². The molecule has 1 unspecified atom stereocenters. The Balaban J connectivity index is 1.83. The van der Waals surface area contributed by atoms with Crippen LogP contribution in [0.2, 0.25) is 0 Å². The standard InChI is InChI=1S/C16H25N3O2/c1-12-10-15(14(11-18-12)16(20)21)17-7-5-9-19-8-4-3-6-13(19)2/h10-11,13H,3-9H2,1-2H3,(H,17,18)(H,20,21). The molecule has 21 heavy (non-hydrogen) atoms. The number of anilines is 1. The zero-order chi connectivity index (χ0) is 15.2. The molecule has 1 aliphatic heterocycles. The van der Waals surface area contributed by atoms with E-state index in [-0.39, 0.29) is 5.56 Å². The van der Waals surface area contributed by atoms with Crippen molar-refractivity contribution in [1.29, 1.82) is 0 Å². The van der Waals surface area contributed by atoms with Crippen molar-refractivity contribution in [1.82, 2.24) is 9.88 Å². The molecule has 1 aromatic rings. The lowest BCUT2D eigenvalue weighted by atomic mass is 10.0. The summed E-state index contributed by atoms with van der Waals surface area (Å²) in [6, 6.07) is 2.48. The number of aryl methyl sites for hydroxylation is 1. The lowest BCUT2D eigenvalue weighted by Gasteiger charge is -2.33. The Kier molecular flexibility index (Phi) is 5.56. The van der Waals surface area contributed by atoms with Gasteiger partial charge in [0.25, 0.3) is 0 Å². The number of likely N-dealkylation sites (tertiary alicyclic amines) is 1. The molecule has 116 valence electrons. The summed E-state index contributed by atoms with van der Waals surface area (Å²) in [5.74, 6) is -0.936. The van der Waals surface area contributed by atoms with Crippen molar-refractivity contribution < 1.29 is 9.90 Å². The minimum Gasteiger partial charge on any atom is -0.478 e. The van der Waals surface area contributed by atoms with E-state index in [1.807, 2.05) is 6.92 Å². The van der Waals surface area contributed by atoms with Crippen LogP contribution in [-0.4, -0.2) is 46.6 Å². The fourth-order valence-electron chi connectivity index (χ4n) is 2.87. The minimum absolute atomic E-state index is 0.243. The Bertz CT molecular complexity index is 490. The highest BCUT2D eigenvalue weighted by molar-refractivity contribution is 5.93. The van der Waals surface area contributed by atoms with E-state index in [1.54, 1.807) is 6.07 Å². The van der Waals surface area contributed by atoms with Crippen LogP contribution in [0.4, 0.5) is 5.69 Å². The van der Waals surface area contributed by atoms with Crippen LogP contribution in [0.5, 0.6) is 0 Å². The first-order valence-electron chi connectivity index (χ1n) is 7.76. The Hall–Kier alpha value is -1.62. The number of carboxylic acids is 1. The number of nitrogens with zero attached hydrogens (tertiary/aromatic N) is 2. The molecular weight excluding hydrogens is 266 g/mol. The van der Waals surface area contributed by atoms with Gasteiger partial charge in [0, 0.05) is 31.0 Å². The molecule has 5 heteroatoms. The van der Waals surface area contributed by atoms with Crippen LogP contribution in [-0.2, 0) is 0 Å². The molecule has 2 N–H and O–H groups in total. The summed E-state index contributed by atoms with van der Waals surface area (Å²) in [5, 5.41) is 12.4. The van der Waals surface area contributed by atoms with Crippen molar-refractivity contribution in [3.63, 3.8) is 0 Å². The Morgan fingerprint density at radius 2 is 2.33 bits per heavy atom. The van der Waals surface area contributed by atoms with E-state index in [0.29, 0.717) is 11.7 Å². The fourth-order valence-corrected chi connectivity index (χ4v) is 2.87. The van der Waals surface area contributed by atoms with Crippen molar-refractivity contribution in [2.24, 2.45) is 0 Å². The van der Waals surface area contributed by atoms with Gasteiger partial charge in [-0.05, 0) is 45.7 Å². The molecule has 0 aromatic carbocycles. The normalized spacial score (nSPS) is 19.4. The third-order valence-corrected chi connectivity index (χ3v) is 4.15. The van der Waals surface area contributed by atoms with E-state index < -0.39 is 5.97 Å². The predicted octanol–water partition coefficient (Wildman–Crippen LogP) is 2.76. The summed E-state index contributed by atoms with van der Waals surface area (Å²) in [7, 11) is 0. The van der Waals surface area contributed by atoms with E-state index in [9.17, 15) is 4.79 Å². The topological polar surface area (TPSA) is 65.5 Å². The van der Waals surface area contributed by atoms with Crippen LogP contribution in [0.15, 0.2) is 12.3 Å². The van der Waals surface area contributed by atoms with Gasteiger partial charge in [-0.3, -0.25) is 4.98 Å². The van der Waals surface area contributed by atoms with Gasteiger partial charge in [-0.1, -0.05) is 6.42 Å². The third-order valence-electron chi connectivity index (χ3n) is 4.15. The number of rotatable bonds is 6. The number of carboxylic acid groups (broad SMARTS) is 1. The first-order chi connectivity index (χ1) is 10.1. The summed E-state index contributed by atoms with van der Waals surface area (Å²) in [5.41, 5.74) is 1.74. The first kappa shape index (κ1) is 15.8. The molecule has 0 amide bonds. The van der Waals surface area contributed by atoms with E-state index in [4.69, 9.17) is 5.11 Å². The maximum atomic E-state index is 11.2. The highest BCUT2D eigenvalue weighted by Gasteiger charge is 2.17. The molecule has 5 nitrogen and oxygen atoms in total. The Morgan fingerprint density at radius 3 is 3.05 bits per heavy atom. The maximum Gasteiger partial charge on any atom is 0.339 e.